The Kier molecular flexibility index (Phi) is 4.38. The minimum absolute atomic E-state index is 0.0306. The number of nitrogens with one attached hydrogen (secondary N) is 1. The van der Waals surface area contributed by atoms with Crippen LogP contribution in [0, 0.1) is 0 Å². The summed E-state index contributed by atoms with van der Waals surface area (Å²) in [5, 5.41) is 34.6. The van der Waals surface area contributed by atoms with Crippen molar-refractivity contribution in [2.45, 2.75) is 25.8 Å². The van der Waals surface area contributed by atoms with E-state index in [1.807, 2.05) is 31.2 Å². The summed E-state index contributed by atoms with van der Waals surface area (Å²) in [4.78, 5) is 0. The molecule has 3 rings (SSSR count). The minimum Gasteiger partial charge on any atom is -0.508 e. The molecule has 0 bridgehead atoms. The molecule has 0 aliphatic carbocycles. The molecule has 3 aromatic rings. The third kappa shape index (κ3) is 3.40. The maximum Gasteiger partial charge on any atom is 0.178 e. The molecule has 0 radical (unpaired) electrons. The first-order valence-corrected chi connectivity index (χ1v) is 7.56. The Labute approximate surface area is 133 Å². The number of rotatable bonds is 6. The SMILES string of the molecule is CC[C@@H](CO)Nc1ccc2nnc(Cc3ccc(O)cc3)n2n1. The van der Waals surface area contributed by atoms with Crippen LogP contribution < -0.4 is 5.32 Å². The van der Waals surface area contributed by atoms with Gasteiger partial charge in [-0.2, -0.15) is 4.52 Å². The van der Waals surface area contributed by atoms with Crippen LogP contribution in [0.15, 0.2) is 36.4 Å². The van der Waals surface area contributed by atoms with Crippen molar-refractivity contribution in [1.82, 2.24) is 19.8 Å². The van der Waals surface area contributed by atoms with Crippen LogP contribution in [0.1, 0.15) is 24.7 Å². The van der Waals surface area contributed by atoms with Gasteiger partial charge in [-0.3, -0.25) is 0 Å². The van der Waals surface area contributed by atoms with Crippen molar-refractivity contribution in [3.8, 4) is 5.75 Å². The van der Waals surface area contributed by atoms with Crippen LogP contribution in [0.5, 0.6) is 5.75 Å². The maximum absolute atomic E-state index is 9.35. The van der Waals surface area contributed by atoms with Gasteiger partial charge in [0.2, 0.25) is 0 Å². The highest BCUT2D eigenvalue weighted by Crippen LogP contribution is 2.14. The van der Waals surface area contributed by atoms with Gasteiger partial charge in [0.25, 0.3) is 0 Å². The highest BCUT2D eigenvalue weighted by Gasteiger charge is 2.10. The summed E-state index contributed by atoms with van der Waals surface area (Å²) >= 11 is 0. The zero-order valence-electron chi connectivity index (χ0n) is 12.8. The lowest BCUT2D eigenvalue weighted by Crippen LogP contribution is -2.23. The van der Waals surface area contributed by atoms with E-state index >= 15 is 0 Å². The van der Waals surface area contributed by atoms with Gasteiger partial charge in [-0.15, -0.1) is 15.3 Å². The topological polar surface area (TPSA) is 95.6 Å². The van der Waals surface area contributed by atoms with E-state index in [1.54, 1.807) is 16.6 Å². The van der Waals surface area contributed by atoms with E-state index in [1.165, 1.54) is 0 Å². The van der Waals surface area contributed by atoms with Crippen LogP contribution in [-0.2, 0) is 6.42 Å². The smallest absolute Gasteiger partial charge is 0.178 e. The van der Waals surface area contributed by atoms with Crippen molar-refractivity contribution in [3.63, 3.8) is 0 Å². The van der Waals surface area contributed by atoms with Crippen LogP contribution >= 0.6 is 0 Å². The molecule has 2 aromatic heterocycles. The summed E-state index contributed by atoms with van der Waals surface area (Å²) in [6.45, 7) is 2.06. The predicted molar refractivity (Wildman–Crippen MR) is 86.5 cm³/mol. The van der Waals surface area contributed by atoms with Gasteiger partial charge < -0.3 is 15.5 Å². The fourth-order valence-corrected chi connectivity index (χ4v) is 2.30. The summed E-state index contributed by atoms with van der Waals surface area (Å²) in [6.07, 6.45) is 1.37. The molecule has 0 saturated heterocycles. The second-order valence-corrected chi connectivity index (χ2v) is 5.38. The zero-order chi connectivity index (χ0) is 16.2. The second kappa shape index (κ2) is 6.62. The fourth-order valence-electron chi connectivity index (χ4n) is 2.30. The van der Waals surface area contributed by atoms with E-state index in [4.69, 9.17) is 0 Å². The molecule has 0 amide bonds. The van der Waals surface area contributed by atoms with E-state index in [2.05, 4.69) is 20.6 Å². The number of anilines is 1. The Hall–Kier alpha value is -2.67. The molecule has 1 aromatic carbocycles. The Bertz CT molecular complexity index is 781. The van der Waals surface area contributed by atoms with Crippen LogP contribution in [0.25, 0.3) is 5.65 Å². The lowest BCUT2D eigenvalue weighted by Gasteiger charge is -2.14. The predicted octanol–water partition coefficient (Wildman–Crippen LogP) is 1.60. The van der Waals surface area contributed by atoms with Gasteiger partial charge in [-0.25, -0.2) is 0 Å². The summed E-state index contributed by atoms with van der Waals surface area (Å²) in [5.74, 6) is 1.62. The molecule has 0 unspecified atom stereocenters. The van der Waals surface area contributed by atoms with E-state index in [0.717, 1.165) is 12.0 Å². The molecular weight excluding hydrogens is 294 g/mol. The van der Waals surface area contributed by atoms with Crippen molar-refractivity contribution in [2.75, 3.05) is 11.9 Å². The number of nitrogens with zero attached hydrogens (tertiary/aromatic N) is 4. The quantitative estimate of drug-likeness (QED) is 0.640. The zero-order valence-corrected chi connectivity index (χ0v) is 12.8. The van der Waals surface area contributed by atoms with Crippen molar-refractivity contribution in [1.29, 1.82) is 0 Å². The first-order chi connectivity index (χ1) is 11.2. The molecule has 0 aliphatic rings. The number of aliphatic hydroxyl groups is 1. The molecule has 1 atom stereocenters. The minimum atomic E-state index is -0.0306. The highest BCUT2D eigenvalue weighted by atomic mass is 16.3. The monoisotopic (exact) mass is 313 g/mol. The summed E-state index contributed by atoms with van der Waals surface area (Å²) < 4.78 is 1.69. The Balaban J connectivity index is 1.87. The third-order valence-corrected chi connectivity index (χ3v) is 3.69. The molecule has 3 N–H and O–H groups in total. The molecule has 0 aliphatic heterocycles. The van der Waals surface area contributed by atoms with Gasteiger partial charge in [0.05, 0.1) is 12.6 Å². The van der Waals surface area contributed by atoms with Gasteiger partial charge in [0.1, 0.15) is 11.6 Å². The molecule has 120 valence electrons. The van der Waals surface area contributed by atoms with E-state index in [9.17, 15) is 10.2 Å². The largest absolute Gasteiger partial charge is 0.508 e. The summed E-state index contributed by atoms with van der Waals surface area (Å²) in [5.41, 5.74) is 1.68. The normalized spacial score (nSPS) is 12.4. The lowest BCUT2D eigenvalue weighted by molar-refractivity contribution is 0.271. The van der Waals surface area contributed by atoms with Gasteiger partial charge in [-0.1, -0.05) is 19.1 Å². The first kappa shape index (κ1) is 15.2. The van der Waals surface area contributed by atoms with Gasteiger partial charge in [0.15, 0.2) is 11.5 Å². The Morgan fingerprint density at radius 1 is 1.13 bits per heavy atom. The molecule has 7 heteroatoms. The van der Waals surface area contributed by atoms with Crippen molar-refractivity contribution < 1.29 is 10.2 Å². The van der Waals surface area contributed by atoms with Crippen molar-refractivity contribution >= 4 is 11.5 Å². The van der Waals surface area contributed by atoms with Gasteiger partial charge >= 0.3 is 0 Å². The van der Waals surface area contributed by atoms with Crippen LogP contribution in [0.3, 0.4) is 0 Å². The number of aromatic nitrogens is 4. The number of aliphatic hydroxyl groups excluding tert-OH is 1. The number of hydrogen-bond donors (Lipinski definition) is 3. The standard InChI is InChI=1S/C16H19N5O2/c1-2-12(10-22)17-14-7-8-15-18-19-16(21(15)20-14)9-11-3-5-13(23)6-4-11/h3-8,12,22-23H,2,9-10H2,1H3,(H,17,20)/t12-/m0/s1. The molecule has 23 heavy (non-hydrogen) atoms. The average Bonchev–Trinajstić information content (AvgIpc) is 2.97. The van der Waals surface area contributed by atoms with Crippen LogP contribution in [-0.4, -0.2) is 42.7 Å². The van der Waals surface area contributed by atoms with E-state index < -0.39 is 0 Å². The van der Waals surface area contributed by atoms with Crippen LogP contribution in [0.4, 0.5) is 5.82 Å². The van der Waals surface area contributed by atoms with Gasteiger partial charge in [0, 0.05) is 6.42 Å². The number of benzene rings is 1. The first-order valence-electron chi connectivity index (χ1n) is 7.56. The number of phenolic OH excluding ortho intramolecular Hbond substituents is 1. The number of phenols is 1. The van der Waals surface area contributed by atoms with Crippen molar-refractivity contribution in [3.05, 3.63) is 47.8 Å². The fraction of sp³-hybridized carbons (Fsp3) is 0.312. The summed E-state index contributed by atoms with van der Waals surface area (Å²) in [6, 6.07) is 10.6. The van der Waals surface area contributed by atoms with Crippen LogP contribution in [0.2, 0.25) is 0 Å². The maximum atomic E-state index is 9.35. The number of hydrogen-bond acceptors (Lipinski definition) is 6. The van der Waals surface area contributed by atoms with E-state index in [0.29, 0.717) is 23.7 Å². The molecule has 0 fully saturated rings. The molecular formula is C16H19N5O2. The molecule has 2 heterocycles. The highest BCUT2D eigenvalue weighted by molar-refractivity contribution is 5.45. The molecule has 7 nitrogen and oxygen atoms in total. The molecule has 0 spiro atoms. The lowest BCUT2D eigenvalue weighted by atomic mass is 10.1. The third-order valence-electron chi connectivity index (χ3n) is 3.69. The van der Waals surface area contributed by atoms with Gasteiger partial charge in [-0.05, 0) is 36.2 Å². The average molecular weight is 313 g/mol. The Morgan fingerprint density at radius 3 is 2.61 bits per heavy atom. The van der Waals surface area contributed by atoms with Crippen molar-refractivity contribution in [2.24, 2.45) is 0 Å². The molecule has 0 saturated carbocycles. The summed E-state index contributed by atoms with van der Waals surface area (Å²) in [7, 11) is 0. The number of aromatic hydroxyl groups is 1. The number of fused-ring (bicyclic) bond motifs is 1. The van der Waals surface area contributed by atoms with E-state index in [-0.39, 0.29) is 18.4 Å². The second-order valence-electron chi connectivity index (χ2n) is 5.38. The Morgan fingerprint density at radius 2 is 1.91 bits per heavy atom.